The van der Waals surface area contributed by atoms with Crippen molar-refractivity contribution in [3.8, 4) is 17.0 Å². The van der Waals surface area contributed by atoms with Crippen LogP contribution < -0.4 is 4.74 Å². The van der Waals surface area contributed by atoms with Gasteiger partial charge in [-0.1, -0.05) is 29.3 Å². The quantitative estimate of drug-likeness (QED) is 0.817. The Balaban J connectivity index is 2.56. The van der Waals surface area contributed by atoms with Gasteiger partial charge in [-0.05, 0) is 23.8 Å². The van der Waals surface area contributed by atoms with Gasteiger partial charge in [0.15, 0.2) is 5.82 Å². The Morgan fingerprint density at radius 2 is 1.94 bits per heavy atom. The van der Waals surface area contributed by atoms with E-state index in [1.807, 2.05) is 0 Å². The standard InChI is InChI=1S/C12H8Cl2FNO/c1-17-12-11(15)8(4-5-16-12)7-2-3-9(13)10(14)6-7/h2-6H,1H3. The maximum atomic E-state index is 13.9. The smallest absolute Gasteiger partial charge is 0.250 e. The van der Waals surface area contributed by atoms with Crippen molar-refractivity contribution in [3.05, 3.63) is 46.3 Å². The number of aromatic nitrogens is 1. The van der Waals surface area contributed by atoms with E-state index in [-0.39, 0.29) is 5.88 Å². The Morgan fingerprint density at radius 1 is 1.18 bits per heavy atom. The number of halogens is 3. The molecule has 0 aliphatic heterocycles. The molecule has 0 aliphatic carbocycles. The van der Waals surface area contributed by atoms with Crippen molar-refractivity contribution in [3.63, 3.8) is 0 Å². The first-order valence-electron chi connectivity index (χ1n) is 4.77. The van der Waals surface area contributed by atoms with Crippen LogP contribution in [0.5, 0.6) is 5.88 Å². The molecular weight excluding hydrogens is 264 g/mol. The zero-order valence-electron chi connectivity index (χ0n) is 8.88. The fourth-order valence-electron chi connectivity index (χ4n) is 1.45. The van der Waals surface area contributed by atoms with Gasteiger partial charge in [0, 0.05) is 11.8 Å². The van der Waals surface area contributed by atoms with Crippen LogP contribution in [0.2, 0.25) is 10.0 Å². The first-order valence-corrected chi connectivity index (χ1v) is 5.53. The molecule has 0 saturated heterocycles. The lowest BCUT2D eigenvalue weighted by Crippen LogP contribution is -1.94. The summed E-state index contributed by atoms with van der Waals surface area (Å²) in [7, 11) is 1.37. The molecule has 88 valence electrons. The average molecular weight is 272 g/mol. The molecule has 1 heterocycles. The van der Waals surface area contributed by atoms with Crippen LogP contribution in [0.3, 0.4) is 0 Å². The molecule has 0 radical (unpaired) electrons. The summed E-state index contributed by atoms with van der Waals surface area (Å²) in [5.74, 6) is -0.568. The molecule has 1 aromatic carbocycles. The predicted octanol–water partition coefficient (Wildman–Crippen LogP) is 4.20. The molecule has 5 heteroatoms. The van der Waals surface area contributed by atoms with Crippen LogP contribution in [-0.4, -0.2) is 12.1 Å². The van der Waals surface area contributed by atoms with E-state index in [2.05, 4.69) is 4.98 Å². The molecule has 1 aromatic heterocycles. The fraction of sp³-hybridized carbons (Fsp3) is 0.0833. The molecule has 0 amide bonds. The summed E-state index contributed by atoms with van der Waals surface area (Å²) in [6.45, 7) is 0. The average Bonchev–Trinajstić information content (AvgIpc) is 2.33. The zero-order valence-corrected chi connectivity index (χ0v) is 10.4. The van der Waals surface area contributed by atoms with Gasteiger partial charge in [-0.3, -0.25) is 0 Å². The minimum Gasteiger partial charge on any atom is -0.479 e. The fourth-order valence-corrected chi connectivity index (χ4v) is 1.75. The van der Waals surface area contributed by atoms with E-state index in [1.54, 1.807) is 24.3 Å². The van der Waals surface area contributed by atoms with Crippen LogP contribution in [0.4, 0.5) is 4.39 Å². The lowest BCUT2D eigenvalue weighted by Gasteiger charge is -2.07. The predicted molar refractivity (Wildman–Crippen MR) is 66.2 cm³/mol. The summed E-state index contributed by atoms with van der Waals surface area (Å²) in [5.41, 5.74) is 0.994. The number of ether oxygens (including phenoxy) is 1. The van der Waals surface area contributed by atoms with Gasteiger partial charge in [0.25, 0.3) is 5.88 Å². The summed E-state index contributed by atoms with van der Waals surface area (Å²) < 4.78 is 18.7. The normalized spacial score (nSPS) is 10.4. The van der Waals surface area contributed by atoms with Gasteiger partial charge in [0.1, 0.15) is 0 Å². The highest BCUT2D eigenvalue weighted by Gasteiger charge is 2.12. The van der Waals surface area contributed by atoms with Crippen LogP contribution in [-0.2, 0) is 0 Å². The molecule has 0 fully saturated rings. The van der Waals surface area contributed by atoms with Gasteiger partial charge < -0.3 is 4.74 Å². The minimum atomic E-state index is -0.520. The van der Waals surface area contributed by atoms with Gasteiger partial charge in [-0.2, -0.15) is 0 Å². The Kier molecular flexibility index (Phi) is 3.50. The van der Waals surface area contributed by atoms with Crippen LogP contribution in [0, 0.1) is 5.82 Å². The first kappa shape index (κ1) is 12.1. The molecule has 0 bridgehead atoms. The monoisotopic (exact) mass is 271 g/mol. The first-order chi connectivity index (χ1) is 8.13. The summed E-state index contributed by atoms with van der Waals surface area (Å²) >= 11 is 11.7. The highest BCUT2D eigenvalue weighted by Crippen LogP contribution is 2.31. The van der Waals surface area contributed by atoms with Gasteiger partial charge in [0.05, 0.1) is 17.2 Å². The molecule has 0 spiro atoms. The summed E-state index contributed by atoms with van der Waals surface area (Å²) in [4.78, 5) is 3.77. The maximum Gasteiger partial charge on any atom is 0.250 e. The third kappa shape index (κ3) is 2.35. The van der Waals surface area contributed by atoms with Crippen molar-refractivity contribution in [2.24, 2.45) is 0 Å². The Morgan fingerprint density at radius 3 is 2.59 bits per heavy atom. The van der Waals surface area contributed by atoms with Crippen LogP contribution in [0.15, 0.2) is 30.5 Å². The highest BCUT2D eigenvalue weighted by atomic mass is 35.5. The topological polar surface area (TPSA) is 22.1 Å². The van der Waals surface area contributed by atoms with Crippen molar-refractivity contribution < 1.29 is 9.13 Å². The Bertz CT molecular complexity index is 560. The number of methoxy groups -OCH3 is 1. The second kappa shape index (κ2) is 4.90. The SMILES string of the molecule is COc1nccc(-c2ccc(Cl)c(Cl)c2)c1F. The van der Waals surface area contributed by atoms with Gasteiger partial charge >= 0.3 is 0 Å². The van der Waals surface area contributed by atoms with E-state index in [4.69, 9.17) is 27.9 Å². The van der Waals surface area contributed by atoms with Crippen molar-refractivity contribution >= 4 is 23.2 Å². The Hall–Kier alpha value is -1.32. The molecule has 2 nitrogen and oxygen atoms in total. The Labute approximate surface area is 108 Å². The summed E-state index contributed by atoms with van der Waals surface area (Å²) in [5, 5.41) is 0.802. The third-order valence-electron chi connectivity index (χ3n) is 2.28. The van der Waals surface area contributed by atoms with Gasteiger partial charge in [0.2, 0.25) is 0 Å². The molecule has 17 heavy (non-hydrogen) atoms. The molecule has 0 unspecified atom stereocenters. The number of hydrogen-bond acceptors (Lipinski definition) is 2. The van der Waals surface area contributed by atoms with Crippen molar-refractivity contribution in [1.82, 2.24) is 4.98 Å². The molecule has 2 aromatic rings. The van der Waals surface area contributed by atoms with Gasteiger partial charge in [-0.25, -0.2) is 9.37 Å². The molecule has 0 N–H and O–H groups in total. The summed E-state index contributed by atoms with van der Waals surface area (Å²) in [6, 6.07) is 6.46. The van der Waals surface area contributed by atoms with Gasteiger partial charge in [-0.15, -0.1) is 0 Å². The number of hydrogen-bond donors (Lipinski definition) is 0. The van der Waals surface area contributed by atoms with E-state index < -0.39 is 5.82 Å². The summed E-state index contributed by atoms with van der Waals surface area (Å²) in [6.07, 6.45) is 1.47. The number of rotatable bonds is 2. The van der Waals surface area contributed by atoms with E-state index in [0.29, 0.717) is 21.2 Å². The van der Waals surface area contributed by atoms with Crippen molar-refractivity contribution in [2.45, 2.75) is 0 Å². The third-order valence-corrected chi connectivity index (χ3v) is 3.02. The molecule has 0 saturated carbocycles. The zero-order chi connectivity index (χ0) is 12.4. The maximum absolute atomic E-state index is 13.9. The lowest BCUT2D eigenvalue weighted by molar-refractivity contribution is 0.370. The number of nitrogens with zero attached hydrogens (tertiary/aromatic N) is 1. The second-order valence-corrected chi connectivity index (χ2v) is 4.13. The highest BCUT2D eigenvalue weighted by molar-refractivity contribution is 6.42. The van der Waals surface area contributed by atoms with Crippen LogP contribution in [0.1, 0.15) is 0 Å². The van der Waals surface area contributed by atoms with E-state index in [9.17, 15) is 4.39 Å². The number of benzene rings is 1. The molecular formula is C12H8Cl2FNO. The second-order valence-electron chi connectivity index (χ2n) is 3.31. The molecule has 0 aliphatic rings. The van der Waals surface area contributed by atoms with E-state index in [0.717, 1.165) is 0 Å². The molecule has 0 atom stereocenters. The minimum absolute atomic E-state index is 0.0476. The van der Waals surface area contributed by atoms with Crippen LogP contribution >= 0.6 is 23.2 Å². The van der Waals surface area contributed by atoms with E-state index >= 15 is 0 Å². The van der Waals surface area contributed by atoms with Crippen molar-refractivity contribution in [2.75, 3.05) is 7.11 Å². The lowest BCUT2D eigenvalue weighted by atomic mass is 10.1. The molecule has 2 rings (SSSR count). The van der Waals surface area contributed by atoms with Crippen molar-refractivity contribution in [1.29, 1.82) is 0 Å². The van der Waals surface area contributed by atoms with Crippen LogP contribution in [0.25, 0.3) is 11.1 Å². The van der Waals surface area contributed by atoms with E-state index in [1.165, 1.54) is 13.3 Å². The largest absolute Gasteiger partial charge is 0.479 e. The number of pyridine rings is 1.